The van der Waals surface area contributed by atoms with Gasteiger partial charge in [0.1, 0.15) is 11.5 Å². The van der Waals surface area contributed by atoms with Crippen molar-refractivity contribution < 1.29 is 27.4 Å². The number of aryl methyl sites for hydroxylation is 2. The summed E-state index contributed by atoms with van der Waals surface area (Å²) in [5.41, 5.74) is 1.86. The first-order valence-electron chi connectivity index (χ1n) is 12.5. The normalized spacial score (nSPS) is 19.1. The number of pyridine rings is 1. The van der Waals surface area contributed by atoms with Crippen LogP contribution in [-0.4, -0.2) is 40.1 Å². The predicted molar refractivity (Wildman–Crippen MR) is 148 cm³/mol. The highest BCUT2D eigenvalue weighted by atomic mass is 32.2. The molecule has 2 heterocycles. The van der Waals surface area contributed by atoms with E-state index in [4.69, 9.17) is 14.2 Å². The quantitative estimate of drug-likeness (QED) is 0.356. The van der Waals surface area contributed by atoms with Gasteiger partial charge in [0, 0.05) is 22.6 Å². The number of hydrogen-bond donors (Lipinski definition) is 1. The van der Waals surface area contributed by atoms with Crippen LogP contribution in [0.3, 0.4) is 0 Å². The van der Waals surface area contributed by atoms with Gasteiger partial charge in [-0.3, -0.25) is 9.78 Å². The van der Waals surface area contributed by atoms with Crippen molar-refractivity contribution in [1.82, 2.24) is 9.71 Å². The minimum Gasteiger partial charge on any atom is -0.496 e. The predicted octanol–water partition coefficient (Wildman–Crippen LogP) is 4.77. The number of nitrogens with zero attached hydrogens (tertiary/aromatic N) is 1. The van der Waals surface area contributed by atoms with Gasteiger partial charge in [0.2, 0.25) is 0 Å². The summed E-state index contributed by atoms with van der Waals surface area (Å²) in [7, 11) is -1.20. The molecule has 0 bridgehead atoms. The zero-order chi connectivity index (χ0) is 27.8. The lowest BCUT2D eigenvalue weighted by molar-refractivity contribution is -0.140. The van der Waals surface area contributed by atoms with Gasteiger partial charge in [-0.25, -0.2) is 13.1 Å². The van der Waals surface area contributed by atoms with Gasteiger partial charge in [0.05, 0.1) is 31.2 Å². The molecule has 1 aliphatic rings. The molecule has 0 spiro atoms. The Bertz CT molecular complexity index is 1670. The molecule has 0 saturated carbocycles. The first-order chi connectivity index (χ1) is 18.7. The van der Waals surface area contributed by atoms with E-state index < -0.39 is 21.5 Å². The summed E-state index contributed by atoms with van der Waals surface area (Å²) in [6.07, 6.45) is 0.185. The molecule has 0 radical (unpaired) electrons. The minimum atomic E-state index is -4.29. The molecule has 1 amide bonds. The van der Waals surface area contributed by atoms with Crippen LogP contribution in [0.5, 0.6) is 11.5 Å². The Kier molecular flexibility index (Phi) is 7.05. The number of aromatic nitrogens is 1. The lowest BCUT2D eigenvalue weighted by Crippen LogP contribution is -2.46. The van der Waals surface area contributed by atoms with Crippen LogP contribution in [0.25, 0.3) is 10.9 Å². The summed E-state index contributed by atoms with van der Waals surface area (Å²) in [5, 5.41) is 0.421. The smallest absolute Gasteiger partial charge is 0.270 e. The maximum atomic E-state index is 14.1. The molecule has 8 nitrogen and oxygen atoms in total. The molecule has 0 aliphatic carbocycles. The molecule has 39 heavy (non-hydrogen) atoms. The summed E-state index contributed by atoms with van der Waals surface area (Å²) < 4.78 is 47.2. The van der Waals surface area contributed by atoms with E-state index in [2.05, 4.69) is 9.71 Å². The number of benzene rings is 3. The number of para-hydroxylation sites is 1. The van der Waals surface area contributed by atoms with Gasteiger partial charge in [-0.15, -0.1) is 0 Å². The molecular weight excluding hydrogens is 516 g/mol. The fourth-order valence-corrected chi connectivity index (χ4v) is 6.48. The number of ether oxygens (including phenoxy) is 3. The van der Waals surface area contributed by atoms with Gasteiger partial charge < -0.3 is 14.2 Å². The third kappa shape index (κ3) is 4.84. The molecule has 4 aromatic rings. The van der Waals surface area contributed by atoms with Gasteiger partial charge in [-0.1, -0.05) is 35.9 Å². The second-order valence-electron chi connectivity index (χ2n) is 9.69. The Morgan fingerprint density at radius 1 is 0.974 bits per heavy atom. The summed E-state index contributed by atoms with van der Waals surface area (Å²) in [6, 6.07) is 21.2. The van der Waals surface area contributed by atoms with Crippen molar-refractivity contribution in [2.75, 3.05) is 20.8 Å². The Balaban J connectivity index is 1.59. The maximum absolute atomic E-state index is 14.1. The number of nitrogens with one attached hydrogen (secondary N) is 1. The Morgan fingerprint density at radius 3 is 2.51 bits per heavy atom. The van der Waals surface area contributed by atoms with Crippen LogP contribution in [0.1, 0.15) is 34.7 Å². The molecule has 0 unspecified atom stereocenters. The lowest BCUT2D eigenvalue weighted by Gasteiger charge is -2.29. The number of fused-ring (bicyclic) bond motifs is 1. The maximum Gasteiger partial charge on any atom is 0.270 e. The van der Waals surface area contributed by atoms with Gasteiger partial charge in [0.25, 0.3) is 15.9 Å². The summed E-state index contributed by atoms with van der Waals surface area (Å²) in [6.45, 7) is 3.91. The number of methoxy groups -OCH3 is 2. The van der Waals surface area contributed by atoms with Crippen LogP contribution in [0.2, 0.25) is 0 Å². The zero-order valence-electron chi connectivity index (χ0n) is 22.2. The Morgan fingerprint density at radius 2 is 1.74 bits per heavy atom. The van der Waals surface area contributed by atoms with E-state index in [9.17, 15) is 13.2 Å². The second-order valence-corrected chi connectivity index (χ2v) is 11.3. The van der Waals surface area contributed by atoms with Crippen LogP contribution in [0.4, 0.5) is 0 Å². The van der Waals surface area contributed by atoms with E-state index in [-0.39, 0.29) is 23.8 Å². The van der Waals surface area contributed by atoms with Gasteiger partial charge in [-0.05, 0) is 68.3 Å². The monoisotopic (exact) mass is 546 g/mol. The van der Waals surface area contributed by atoms with Crippen molar-refractivity contribution in [3.63, 3.8) is 0 Å². The zero-order valence-corrected chi connectivity index (χ0v) is 23.0. The number of rotatable bonds is 7. The molecule has 1 N–H and O–H groups in total. The molecule has 2 atom stereocenters. The first-order valence-corrected chi connectivity index (χ1v) is 14.0. The molecule has 3 aromatic carbocycles. The number of sulfonamides is 1. The van der Waals surface area contributed by atoms with Crippen LogP contribution in [-0.2, 0) is 25.2 Å². The fourth-order valence-electron chi connectivity index (χ4n) is 5.24. The average molecular weight is 547 g/mol. The van der Waals surface area contributed by atoms with Crippen molar-refractivity contribution >= 4 is 26.8 Å². The van der Waals surface area contributed by atoms with Gasteiger partial charge in [-0.2, -0.15) is 0 Å². The third-order valence-electron chi connectivity index (χ3n) is 7.15. The summed E-state index contributed by atoms with van der Waals surface area (Å²) >= 11 is 0. The molecular formula is C30H30N2O6S. The average Bonchev–Trinajstić information content (AvgIpc) is 3.39. The fraction of sp³-hybridized carbons (Fsp3) is 0.267. The topological polar surface area (TPSA) is 104 Å². The summed E-state index contributed by atoms with van der Waals surface area (Å²) in [5.74, 6) is 0.0776. The van der Waals surface area contributed by atoms with Crippen LogP contribution >= 0.6 is 0 Å². The standard InChI is InChI=1S/C30H30N2O6S/c1-19-12-15-27(37-4)24(16-19)30(17-21(18-38-30)22-8-5-6-10-26(22)36-3)29(33)32-39(34,35)28-11-7-9-25-23(28)14-13-20(2)31-25/h5-16,21H,17-18H2,1-4H3,(H,32,33)/t21-,30+/m0/s1. The molecule has 5 rings (SSSR count). The lowest BCUT2D eigenvalue weighted by atomic mass is 9.83. The van der Waals surface area contributed by atoms with Gasteiger partial charge >= 0.3 is 0 Å². The second kappa shape index (κ2) is 10.3. The number of amides is 1. The third-order valence-corrected chi connectivity index (χ3v) is 8.54. The van der Waals surface area contributed by atoms with E-state index in [1.54, 1.807) is 43.5 Å². The van der Waals surface area contributed by atoms with Crippen LogP contribution in [0, 0.1) is 13.8 Å². The highest BCUT2D eigenvalue weighted by Crippen LogP contribution is 2.48. The van der Waals surface area contributed by atoms with Crippen molar-refractivity contribution in [3.8, 4) is 11.5 Å². The molecule has 1 aliphatic heterocycles. The molecule has 202 valence electrons. The van der Waals surface area contributed by atoms with Crippen molar-refractivity contribution in [3.05, 3.63) is 95.2 Å². The number of carbonyl (C=O) groups excluding carboxylic acids is 1. The Hall–Kier alpha value is -3.95. The molecule has 1 saturated heterocycles. The number of carbonyl (C=O) groups is 1. The van der Waals surface area contributed by atoms with E-state index >= 15 is 0 Å². The largest absolute Gasteiger partial charge is 0.496 e. The van der Waals surface area contributed by atoms with E-state index in [1.165, 1.54) is 13.2 Å². The van der Waals surface area contributed by atoms with Gasteiger partial charge in [0.15, 0.2) is 5.60 Å². The summed E-state index contributed by atoms with van der Waals surface area (Å²) in [4.78, 5) is 18.5. The SMILES string of the molecule is COc1ccccc1[C@@H]1CO[C@@](C(=O)NS(=O)(=O)c2cccc3nc(C)ccc23)(c2cc(C)ccc2OC)C1. The van der Waals surface area contributed by atoms with Crippen molar-refractivity contribution in [1.29, 1.82) is 0 Å². The highest BCUT2D eigenvalue weighted by Gasteiger charge is 2.52. The Labute approximate surface area is 228 Å². The molecule has 9 heteroatoms. The highest BCUT2D eigenvalue weighted by molar-refractivity contribution is 7.90. The van der Waals surface area contributed by atoms with Crippen molar-refractivity contribution in [2.45, 2.75) is 36.7 Å². The first kappa shape index (κ1) is 26.6. The minimum absolute atomic E-state index is 0.0357. The van der Waals surface area contributed by atoms with E-state index in [0.717, 1.165) is 16.8 Å². The van der Waals surface area contributed by atoms with E-state index in [1.807, 2.05) is 44.2 Å². The van der Waals surface area contributed by atoms with E-state index in [0.29, 0.717) is 28.0 Å². The molecule has 1 fully saturated rings. The number of hydrogen-bond acceptors (Lipinski definition) is 7. The van der Waals surface area contributed by atoms with Crippen LogP contribution < -0.4 is 14.2 Å². The molecule has 1 aromatic heterocycles. The van der Waals surface area contributed by atoms with Crippen LogP contribution in [0.15, 0.2) is 77.7 Å². The van der Waals surface area contributed by atoms with Crippen molar-refractivity contribution in [2.24, 2.45) is 0 Å².